The van der Waals surface area contributed by atoms with E-state index in [4.69, 9.17) is 16.2 Å². The minimum absolute atomic E-state index is 0.0692. The van der Waals surface area contributed by atoms with Gasteiger partial charge in [0, 0.05) is 13.2 Å². The number of guanidine groups is 1. The normalized spacial score (nSPS) is 49.0. The van der Waals surface area contributed by atoms with Crippen LogP contribution in [0.5, 0.6) is 0 Å². The van der Waals surface area contributed by atoms with Gasteiger partial charge in [-0.05, 0) is 92.3 Å². The van der Waals surface area contributed by atoms with Crippen LogP contribution < -0.4 is 11.5 Å². The molecule has 4 aliphatic rings. The minimum Gasteiger partial charge on any atom is -0.393 e. The summed E-state index contributed by atoms with van der Waals surface area (Å²) < 4.78 is 6.15. The van der Waals surface area contributed by atoms with Crippen LogP contribution in [0.1, 0.15) is 71.6 Å². The van der Waals surface area contributed by atoms with Crippen LogP contribution in [0.3, 0.4) is 0 Å². The van der Waals surface area contributed by atoms with Gasteiger partial charge in [0.1, 0.15) is 0 Å². The lowest BCUT2D eigenvalue weighted by molar-refractivity contribution is -0.179. The van der Waals surface area contributed by atoms with Crippen LogP contribution >= 0.6 is 0 Å². The zero-order valence-electron chi connectivity index (χ0n) is 18.2. The maximum Gasteiger partial charge on any atom is 0.185 e. The number of ether oxygens (including phenoxy) is 1. The lowest BCUT2D eigenvalue weighted by atomic mass is 9.44. The summed E-state index contributed by atoms with van der Waals surface area (Å²) in [5.41, 5.74) is 11.0. The molecule has 6 N–H and O–H groups in total. The summed E-state index contributed by atoms with van der Waals surface area (Å²) >= 11 is 0. The smallest absolute Gasteiger partial charge is 0.185 e. The first kappa shape index (κ1) is 21.4. The molecule has 0 aromatic carbocycles. The van der Waals surface area contributed by atoms with Crippen LogP contribution in [0, 0.1) is 34.5 Å². The lowest BCUT2D eigenvalue weighted by Gasteiger charge is -2.62. The maximum atomic E-state index is 11.2. The molecule has 0 radical (unpaired) electrons. The average Bonchev–Trinajstić information content (AvgIpc) is 2.97. The van der Waals surface area contributed by atoms with Crippen LogP contribution in [0.2, 0.25) is 0 Å². The molecule has 166 valence electrons. The Bertz CT molecular complexity index is 624. The van der Waals surface area contributed by atoms with Crippen LogP contribution in [0.25, 0.3) is 0 Å². The van der Waals surface area contributed by atoms with Crippen molar-refractivity contribution >= 4 is 5.96 Å². The van der Waals surface area contributed by atoms with E-state index in [1.807, 2.05) is 0 Å². The Morgan fingerprint density at radius 1 is 0.966 bits per heavy atom. The van der Waals surface area contributed by atoms with Gasteiger partial charge < -0.3 is 26.4 Å². The summed E-state index contributed by atoms with van der Waals surface area (Å²) in [6.07, 6.45) is 9.19. The maximum absolute atomic E-state index is 11.2. The van der Waals surface area contributed by atoms with Gasteiger partial charge in [-0.1, -0.05) is 13.8 Å². The number of hydrogen-bond acceptors (Lipinski definition) is 4. The molecule has 4 saturated carbocycles. The predicted octanol–water partition coefficient (Wildman–Crippen LogP) is 2.41. The predicted molar refractivity (Wildman–Crippen MR) is 114 cm³/mol. The van der Waals surface area contributed by atoms with Gasteiger partial charge in [-0.25, -0.2) is 0 Å². The summed E-state index contributed by atoms with van der Waals surface area (Å²) in [5, 5.41) is 21.8. The zero-order valence-corrected chi connectivity index (χ0v) is 18.2. The van der Waals surface area contributed by atoms with Crippen molar-refractivity contribution in [3.05, 3.63) is 0 Å². The molecule has 0 aromatic rings. The number of rotatable bonds is 5. The largest absolute Gasteiger partial charge is 0.393 e. The number of aliphatic hydroxyl groups excluding tert-OH is 2. The zero-order chi connectivity index (χ0) is 20.8. The van der Waals surface area contributed by atoms with Gasteiger partial charge >= 0.3 is 0 Å². The lowest BCUT2D eigenvalue weighted by Crippen LogP contribution is -2.58. The molecule has 4 fully saturated rings. The number of nitrogens with two attached hydrogens (primary N) is 2. The van der Waals surface area contributed by atoms with Gasteiger partial charge in [0.25, 0.3) is 0 Å². The van der Waals surface area contributed by atoms with Gasteiger partial charge in [0.15, 0.2) is 5.96 Å². The third-order valence-corrected chi connectivity index (χ3v) is 9.53. The third-order valence-electron chi connectivity index (χ3n) is 9.53. The van der Waals surface area contributed by atoms with E-state index in [1.54, 1.807) is 0 Å². The number of hydrogen-bond donors (Lipinski definition) is 4. The first-order valence-corrected chi connectivity index (χ1v) is 11.8. The van der Waals surface area contributed by atoms with E-state index in [1.165, 1.54) is 6.42 Å². The van der Waals surface area contributed by atoms with E-state index < -0.39 is 0 Å². The molecule has 0 aromatic heterocycles. The summed E-state index contributed by atoms with van der Waals surface area (Å²) in [5.74, 6) is 2.29. The van der Waals surface area contributed by atoms with Gasteiger partial charge in [-0.2, -0.15) is 0 Å². The molecule has 4 rings (SSSR count). The van der Waals surface area contributed by atoms with Gasteiger partial charge in [0.2, 0.25) is 0 Å². The quantitative estimate of drug-likeness (QED) is 0.317. The third kappa shape index (κ3) is 3.70. The van der Waals surface area contributed by atoms with E-state index in [0.717, 1.165) is 51.4 Å². The molecule has 6 nitrogen and oxygen atoms in total. The highest BCUT2D eigenvalue weighted by Gasteiger charge is 2.62. The molecule has 29 heavy (non-hydrogen) atoms. The van der Waals surface area contributed by atoms with Crippen molar-refractivity contribution in [1.82, 2.24) is 0 Å². The summed E-state index contributed by atoms with van der Waals surface area (Å²) in [4.78, 5) is 4.01. The molecular weight excluding hydrogens is 366 g/mol. The van der Waals surface area contributed by atoms with Crippen LogP contribution in [0.15, 0.2) is 4.99 Å². The van der Waals surface area contributed by atoms with Gasteiger partial charge in [-0.15, -0.1) is 0 Å². The summed E-state index contributed by atoms with van der Waals surface area (Å²) in [6, 6.07) is 0. The van der Waals surface area contributed by atoms with Crippen LogP contribution in [-0.4, -0.2) is 47.6 Å². The van der Waals surface area contributed by atoms with Crippen LogP contribution in [0.4, 0.5) is 0 Å². The highest BCUT2D eigenvalue weighted by molar-refractivity contribution is 5.75. The first-order chi connectivity index (χ1) is 13.8. The molecule has 0 unspecified atom stereocenters. The number of aliphatic imine (C=N–C) groups is 1. The summed E-state index contributed by atoms with van der Waals surface area (Å²) in [7, 11) is 0. The van der Waals surface area contributed by atoms with E-state index in [9.17, 15) is 10.2 Å². The van der Waals surface area contributed by atoms with E-state index in [-0.39, 0.29) is 35.1 Å². The van der Waals surface area contributed by atoms with Crippen molar-refractivity contribution in [3.8, 4) is 0 Å². The Balaban J connectivity index is 1.40. The van der Waals surface area contributed by atoms with E-state index in [0.29, 0.717) is 36.8 Å². The SMILES string of the molecule is C[C@]12CC[C@H](OCCCN=C(N)N)C[C@@H]1[C@@H](O)C[C@@H]1[C@@H]2CC[C@]2(C)[C@@H](O)CC[C@@H]12. The van der Waals surface area contributed by atoms with Crippen molar-refractivity contribution in [1.29, 1.82) is 0 Å². The molecule has 0 saturated heterocycles. The number of nitrogens with zero attached hydrogens (tertiary/aromatic N) is 1. The second-order valence-electron chi connectivity index (χ2n) is 10.9. The number of aliphatic hydroxyl groups is 2. The monoisotopic (exact) mass is 407 g/mol. The van der Waals surface area contributed by atoms with Crippen molar-refractivity contribution in [2.45, 2.75) is 89.9 Å². The second-order valence-corrected chi connectivity index (χ2v) is 10.9. The molecular formula is C23H41N3O3. The molecule has 9 atom stereocenters. The molecule has 4 aliphatic carbocycles. The molecule has 0 bridgehead atoms. The molecule has 0 aliphatic heterocycles. The Morgan fingerprint density at radius 2 is 1.69 bits per heavy atom. The summed E-state index contributed by atoms with van der Waals surface area (Å²) in [6.45, 7) is 6.03. The van der Waals surface area contributed by atoms with E-state index >= 15 is 0 Å². The Morgan fingerprint density at radius 3 is 2.45 bits per heavy atom. The molecule has 6 heteroatoms. The Hall–Kier alpha value is -0.850. The van der Waals surface area contributed by atoms with Gasteiger partial charge in [-0.3, -0.25) is 4.99 Å². The molecule has 0 heterocycles. The van der Waals surface area contributed by atoms with Crippen LogP contribution in [-0.2, 0) is 4.74 Å². The van der Waals surface area contributed by atoms with E-state index in [2.05, 4.69) is 18.8 Å². The van der Waals surface area contributed by atoms with Crippen molar-refractivity contribution in [3.63, 3.8) is 0 Å². The average molecular weight is 408 g/mol. The van der Waals surface area contributed by atoms with Crippen molar-refractivity contribution < 1.29 is 14.9 Å². The van der Waals surface area contributed by atoms with Crippen molar-refractivity contribution in [2.75, 3.05) is 13.2 Å². The Labute approximate surface area is 175 Å². The first-order valence-electron chi connectivity index (χ1n) is 11.8. The fourth-order valence-corrected chi connectivity index (χ4v) is 7.91. The number of fused-ring (bicyclic) bond motifs is 5. The second kappa shape index (κ2) is 8.01. The standard InChI is InChI=1S/C23H41N3O3/c1-22-8-6-14(29-11-3-10-26-21(24)25)12-18(22)19(27)13-15-16-4-5-20(28)23(16,2)9-7-17(15)22/h14-20,27-28H,3-13H2,1-2H3,(H4,24,25,26)/t14-,15-,16-,17-,18+,19-,20-,22+,23-/m0/s1. The molecule has 0 spiro atoms. The molecule has 0 amide bonds. The fraction of sp³-hybridized carbons (Fsp3) is 0.957. The Kier molecular flexibility index (Phi) is 5.91. The highest BCUT2D eigenvalue weighted by Crippen LogP contribution is 2.66. The highest BCUT2D eigenvalue weighted by atomic mass is 16.5. The van der Waals surface area contributed by atoms with Crippen molar-refractivity contribution in [2.24, 2.45) is 51.0 Å². The topological polar surface area (TPSA) is 114 Å². The minimum atomic E-state index is -0.241. The van der Waals surface area contributed by atoms with Gasteiger partial charge in [0.05, 0.1) is 18.3 Å². The fourth-order valence-electron chi connectivity index (χ4n) is 7.91.